The second kappa shape index (κ2) is 8.97. The molecule has 4 aromatic rings. The van der Waals surface area contributed by atoms with Crippen molar-refractivity contribution >= 4 is 34.6 Å². The van der Waals surface area contributed by atoms with Crippen LogP contribution in [0.1, 0.15) is 27.4 Å². The van der Waals surface area contributed by atoms with Gasteiger partial charge < -0.3 is 0 Å². The first-order chi connectivity index (χ1) is 14.6. The highest BCUT2D eigenvalue weighted by Crippen LogP contribution is 2.19. The van der Waals surface area contributed by atoms with Gasteiger partial charge in [-0.3, -0.25) is 24.5 Å². The van der Waals surface area contributed by atoms with Gasteiger partial charge in [-0.1, -0.05) is 36.4 Å². The standard InChI is InChI=1S/C20H19N7OS2/c1-2-8-27-17(24-25-20(27)29)9-16-13-30-19(22-16)23-18(28)15-10-21-26(12-15)11-14-6-4-3-5-7-14/h2-7,10,12-13H,1,8-9,11H2,(H,25,29)(H,22,23,28). The molecule has 0 saturated carbocycles. The SMILES string of the molecule is C=CCn1c(Cc2csc(NC(=O)c3cnn(Cc4ccccc4)c3)n2)n[nH]c1=S. The van der Waals surface area contributed by atoms with Crippen LogP contribution in [-0.4, -0.2) is 35.4 Å². The van der Waals surface area contributed by atoms with E-state index in [1.54, 1.807) is 23.2 Å². The van der Waals surface area contributed by atoms with Gasteiger partial charge in [0, 0.05) is 18.1 Å². The molecule has 0 aliphatic carbocycles. The van der Waals surface area contributed by atoms with Crippen LogP contribution in [0.3, 0.4) is 0 Å². The van der Waals surface area contributed by atoms with Crippen molar-refractivity contribution in [2.75, 3.05) is 5.32 Å². The molecule has 0 aliphatic heterocycles. The molecule has 0 fully saturated rings. The van der Waals surface area contributed by atoms with Crippen LogP contribution >= 0.6 is 23.6 Å². The van der Waals surface area contributed by atoms with Crippen LogP contribution < -0.4 is 5.32 Å². The predicted molar refractivity (Wildman–Crippen MR) is 118 cm³/mol. The number of carbonyl (C=O) groups is 1. The monoisotopic (exact) mass is 437 g/mol. The van der Waals surface area contributed by atoms with Crippen molar-refractivity contribution in [2.24, 2.45) is 0 Å². The number of amides is 1. The number of aromatic nitrogens is 6. The molecule has 0 aliphatic rings. The third kappa shape index (κ3) is 4.61. The maximum Gasteiger partial charge on any atom is 0.260 e. The summed E-state index contributed by atoms with van der Waals surface area (Å²) in [6.07, 6.45) is 5.55. The van der Waals surface area contributed by atoms with Crippen LogP contribution in [0.15, 0.2) is 60.8 Å². The zero-order valence-corrected chi connectivity index (χ0v) is 17.6. The van der Waals surface area contributed by atoms with Gasteiger partial charge in [-0.2, -0.15) is 10.2 Å². The Hall–Kier alpha value is -3.37. The molecular weight excluding hydrogens is 418 g/mol. The highest BCUT2D eigenvalue weighted by molar-refractivity contribution is 7.71. The molecule has 0 unspecified atom stereocenters. The number of hydrogen-bond acceptors (Lipinski definition) is 6. The van der Waals surface area contributed by atoms with E-state index in [9.17, 15) is 4.79 Å². The van der Waals surface area contributed by atoms with Crippen LogP contribution in [0, 0.1) is 4.77 Å². The Labute approximate surface area is 181 Å². The zero-order valence-electron chi connectivity index (χ0n) is 16.0. The maximum absolute atomic E-state index is 12.5. The molecule has 3 heterocycles. The van der Waals surface area contributed by atoms with Crippen molar-refractivity contribution in [1.29, 1.82) is 0 Å². The summed E-state index contributed by atoms with van der Waals surface area (Å²) in [6, 6.07) is 9.96. The van der Waals surface area contributed by atoms with Crippen LogP contribution in [-0.2, 0) is 19.5 Å². The summed E-state index contributed by atoms with van der Waals surface area (Å²) >= 11 is 6.59. The minimum atomic E-state index is -0.246. The number of rotatable bonds is 8. The summed E-state index contributed by atoms with van der Waals surface area (Å²) in [5.41, 5.74) is 2.40. The molecule has 3 aromatic heterocycles. The van der Waals surface area contributed by atoms with E-state index >= 15 is 0 Å². The quantitative estimate of drug-likeness (QED) is 0.324. The lowest BCUT2D eigenvalue weighted by Crippen LogP contribution is -2.11. The third-order valence-electron chi connectivity index (χ3n) is 4.34. The Morgan fingerprint density at radius 3 is 2.97 bits per heavy atom. The maximum atomic E-state index is 12.5. The molecule has 0 bridgehead atoms. The fourth-order valence-corrected chi connectivity index (χ4v) is 3.85. The molecule has 1 aromatic carbocycles. The number of H-pyrrole nitrogens is 1. The molecule has 0 atom stereocenters. The molecule has 152 valence electrons. The molecule has 30 heavy (non-hydrogen) atoms. The van der Waals surface area contributed by atoms with Crippen molar-refractivity contribution in [1.82, 2.24) is 29.5 Å². The van der Waals surface area contributed by atoms with Gasteiger partial charge in [-0.15, -0.1) is 17.9 Å². The topological polar surface area (TPSA) is 93.4 Å². The van der Waals surface area contributed by atoms with Gasteiger partial charge in [-0.25, -0.2) is 4.98 Å². The van der Waals surface area contributed by atoms with Crippen LogP contribution in [0.2, 0.25) is 0 Å². The first-order valence-electron chi connectivity index (χ1n) is 9.19. The Balaban J connectivity index is 1.40. The smallest absolute Gasteiger partial charge is 0.260 e. The van der Waals surface area contributed by atoms with Gasteiger partial charge in [0.25, 0.3) is 5.91 Å². The average Bonchev–Trinajstić information content (AvgIpc) is 3.46. The molecule has 8 nitrogen and oxygen atoms in total. The Bertz CT molecular complexity index is 1220. The summed E-state index contributed by atoms with van der Waals surface area (Å²) in [7, 11) is 0. The lowest BCUT2D eigenvalue weighted by molar-refractivity contribution is 0.102. The van der Waals surface area contributed by atoms with Crippen LogP contribution in [0.4, 0.5) is 5.13 Å². The summed E-state index contributed by atoms with van der Waals surface area (Å²) in [6.45, 7) is 4.92. The summed E-state index contributed by atoms with van der Waals surface area (Å²) in [5.74, 6) is 0.523. The van der Waals surface area contributed by atoms with E-state index in [4.69, 9.17) is 12.2 Å². The van der Waals surface area contributed by atoms with Gasteiger partial charge in [0.15, 0.2) is 9.90 Å². The molecule has 1 amide bonds. The Kier molecular flexibility index (Phi) is 5.96. The van der Waals surface area contributed by atoms with E-state index in [-0.39, 0.29) is 5.91 Å². The molecule has 0 spiro atoms. The van der Waals surface area contributed by atoms with Crippen LogP contribution in [0.25, 0.3) is 0 Å². The number of nitrogens with zero attached hydrogens (tertiary/aromatic N) is 5. The molecule has 4 rings (SSSR count). The number of aromatic amines is 1. The number of thiazole rings is 1. The second-order valence-corrected chi connectivity index (χ2v) is 7.78. The molecular formula is C20H19N7OS2. The molecule has 0 radical (unpaired) electrons. The van der Waals surface area contributed by atoms with Gasteiger partial charge in [0.05, 0.1) is 30.4 Å². The van der Waals surface area contributed by atoms with E-state index in [0.717, 1.165) is 17.1 Å². The minimum absolute atomic E-state index is 0.246. The number of carbonyl (C=O) groups excluding carboxylic acids is 1. The number of benzene rings is 1. The molecule has 2 N–H and O–H groups in total. The summed E-state index contributed by atoms with van der Waals surface area (Å²) < 4.78 is 4.14. The first kappa shape index (κ1) is 19.9. The van der Waals surface area contributed by atoms with Gasteiger partial charge >= 0.3 is 0 Å². The number of nitrogens with one attached hydrogen (secondary N) is 2. The third-order valence-corrected chi connectivity index (χ3v) is 5.46. The largest absolute Gasteiger partial charge is 0.300 e. The van der Waals surface area contributed by atoms with E-state index in [1.807, 2.05) is 40.3 Å². The normalized spacial score (nSPS) is 10.8. The Morgan fingerprint density at radius 2 is 2.17 bits per heavy atom. The fraction of sp³-hybridized carbons (Fsp3) is 0.150. The lowest BCUT2D eigenvalue weighted by atomic mass is 10.2. The zero-order chi connectivity index (χ0) is 20.9. The van der Waals surface area contributed by atoms with E-state index in [2.05, 4.69) is 32.2 Å². The van der Waals surface area contributed by atoms with Gasteiger partial charge in [0.1, 0.15) is 5.82 Å². The van der Waals surface area contributed by atoms with Crippen molar-refractivity contribution in [3.05, 3.63) is 88.2 Å². The minimum Gasteiger partial charge on any atom is -0.300 e. The fourth-order valence-electron chi connectivity index (χ4n) is 2.92. The summed E-state index contributed by atoms with van der Waals surface area (Å²) in [4.78, 5) is 17.0. The second-order valence-electron chi connectivity index (χ2n) is 6.53. The van der Waals surface area contributed by atoms with Crippen molar-refractivity contribution in [3.8, 4) is 0 Å². The van der Waals surface area contributed by atoms with E-state index in [0.29, 0.717) is 35.0 Å². The van der Waals surface area contributed by atoms with Gasteiger partial charge in [0.2, 0.25) is 0 Å². The molecule has 0 saturated heterocycles. The van der Waals surface area contributed by atoms with Crippen molar-refractivity contribution in [2.45, 2.75) is 19.5 Å². The van der Waals surface area contributed by atoms with Crippen LogP contribution in [0.5, 0.6) is 0 Å². The first-order valence-corrected chi connectivity index (χ1v) is 10.5. The van der Waals surface area contributed by atoms with Gasteiger partial charge in [-0.05, 0) is 17.8 Å². The van der Waals surface area contributed by atoms with E-state index in [1.165, 1.54) is 11.3 Å². The highest BCUT2D eigenvalue weighted by Gasteiger charge is 2.13. The lowest BCUT2D eigenvalue weighted by Gasteiger charge is -2.02. The number of hydrogen-bond donors (Lipinski definition) is 2. The van der Waals surface area contributed by atoms with Crippen molar-refractivity contribution < 1.29 is 4.79 Å². The number of anilines is 1. The average molecular weight is 438 g/mol. The number of allylic oxidation sites excluding steroid dienone is 1. The van der Waals surface area contributed by atoms with Crippen molar-refractivity contribution in [3.63, 3.8) is 0 Å². The van der Waals surface area contributed by atoms with E-state index < -0.39 is 0 Å². The summed E-state index contributed by atoms with van der Waals surface area (Å²) in [5, 5.41) is 16.6. The molecule has 10 heteroatoms. The Morgan fingerprint density at radius 1 is 1.33 bits per heavy atom. The predicted octanol–water partition coefficient (Wildman–Crippen LogP) is 3.67. The highest BCUT2D eigenvalue weighted by atomic mass is 32.1.